The maximum absolute atomic E-state index is 9.22. The molecular weight excluding hydrogens is 589 g/mol. The van der Waals surface area contributed by atoms with Gasteiger partial charge in [-0.1, -0.05) is 58.5 Å². The van der Waals surface area contributed by atoms with E-state index in [1.54, 1.807) is 0 Å². The Morgan fingerprint density at radius 2 is 1.12 bits per heavy atom. The summed E-state index contributed by atoms with van der Waals surface area (Å²) in [6.45, 7) is 30.4. The van der Waals surface area contributed by atoms with Gasteiger partial charge in [0.05, 0.1) is 23.7 Å². The second-order valence-corrected chi connectivity index (χ2v) is 24.4. The Morgan fingerprint density at radius 3 is 1.53 bits per heavy atom. The summed E-state index contributed by atoms with van der Waals surface area (Å²) >= 11 is 0. The lowest BCUT2D eigenvalue weighted by atomic mass is 9.78. The van der Waals surface area contributed by atoms with Crippen molar-refractivity contribution in [3.05, 3.63) is 59.7 Å². The minimum absolute atomic E-state index is 0.117. The number of hydrogen-bond acceptors (Lipinski definition) is 6. The first-order valence-electron chi connectivity index (χ1n) is 15.8. The number of rotatable bonds is 18. The average Bonchev–Trinajstić information content (AvgIpc) is 2.93. The maximum Gasteiger partial charge on any atom is 0.216 e. The second-order valence-electron chi connectivity index (χ2n) is 14.6. The molecule has 9 heteroatoms. The molecule has 244 valence electrons. The standard InChI is InChI=1S/C34H60O6Si3/c1-26(22-35)23-36-30-18-14-28(15-19-30)32(3,4)29-16-20-31(21-17-29)37-24-27(2)25-38-42(10,11)34(7,8)40-43(12,13)33(5,6)39-41-9/h14-21,26-27,35H,22-25,41H2,1-13H3. The highest BCUT2D eigenvalue weighted by atomic mass is 28.4. The van der Waals surface area contributed by atoms with E-state index in [4.69, 9.17) is 22.8 Å². The van der Waals surface area contributed by atoms with E-state index in [1.165, 1.54) is 11.1 Å². The molecule has 2 rings (SSSR count). The van der Waals surface area contributed by atoms with Crippen LogP contribution >= 0.6 is 0 Å². The molecule has 43 heavy (non-hydrogen) atoms. The van der Waals surface area contributed by atoms with Crippen LogP contribution in [0.1, 0.15) is 66.5 Å². The monoisotopic (exact) mass is 648 g/mol. The van der Waals surface area contributed by atoms with Crippen LogP contribution in [0.3, 0.4) is 0 Å². The van der Waals surface area contributed by atoms with Gasteiger partial charge >= 0.3 is 0 Å². The van der Waals surface area contributed by atoms with Crippen LogP contribution in [0.25, 0.3) is 0 Å². The predicted octanol–water partition coefficient (Wildman–Crippen LogP) is 7.26. The van der Waals surface area contributed by atoms with Crippen molar-refractivity contribution in [2.24, 2.45) is 11.8 Å². The fourth-order valence-corrected chi connectivity index (χ4v) is 11.5. The molecular formula is C34H60O6Si3. The maximum atomic E-state index is 9.22. The highest BCUT2D eigenvalue weighted by Gasteiger charge is 2.51. The summed E-state index contributed by atoms with van der Waals surface area (Å²) in [5.74, 6) is 2.05. The van der Waals surface area contributed by atoms with Crippen molar-refractivity contribution in [1.29, 1.82) is 0 Å². The van der Waals surface area contributed by atoms with E-state index in [1.807, 2.05) is 19.1 Å². The van der Waals surface area contributed by atoms with Crippen LogP contribution in [-0.2, 0) is 18.7 Å². The van der Waals surface area contributed by atoms with Crippen LogP contribution in [0.2, 0.25) is 32.7 Å². The van der Waals surface area contributed by atoms with Crippen molar-refractivity contribution in [3.63, 3.8) is 0 Å². The first-order chi connectivity index (χ1) is 19.8. The largest absolute Gasteiger partial charge is 0.493 e. The third kappa shape index (κ3) is 10.3. The molecule has 0 heterocycles. The molecule has 0 saturated heterocycles. The number of aliphatic hydroxyl groups is 1. The van der Waals surface area contributed by atoms with Gasteiger partial charge in [0, 0.05) is 30.5 Å². The highest BCUT2D eigenvalue weighted by molar-refractivity contribution is 6.78. The van der Waals surface area contributed by atoms with Gasteiger partial charge in [-0.3, -0.25) is 0 Å². The third-order valence-electron chi connectivity index (χ3n) is 9.18. The van der Waals surface area contributed by atoms with Crippen molar-refractivity contribution in [1.82, 2.24) is 0 Å². The average molecular weight is 649 g/mol. The third-order valence-corrected chi connectivity index (χ3v) is 18.6. The van der Waals surface area contributed by atoms with Gasteiger partial charge in [0.25, 0.3) is 0 Å². The fourth-order valence-electron chi connectivity index (χ4n) is 4.62. The Labute approximate surface area is 267 Å². The van der Waals surface area contributed by atoms with Crippen molar-refractivity contribution < 1.29 is 27.9 Å². The molecule has 0 aliphatic heterocycles. The van der Waals surface area contributed by atoms with E-state index in [9.17, 15) is 5.11 Å². The fraction of sp³-hybridized carbons (Fsp3) is 0.647. The van der Waals surface area contributed by atoms with Gasteiger partial charge in [0.2, 0.25) is 16.6 Å². The van der Waals surface area contributed by atoms with Crippen molar-refractivity contribution in [2.45, 2.75) is 104 Å². The van der Waals surface area contributed by atoms with E-state index in [-0.39, 0.29) is 34.3 Å². The van der Waals surface area contributed by atoms with E-state index < -0.39 is 26.4 Å². The first kappa shape index (κ1) is 37.7. The van der Waals surface area contributed by atoms with Crippen molar-refractivity contribution >= 4 is 26.4 Å². The van der Waals surface area contributed by atoms with Crippen LogP contribution in [0.15, 0.2) is 48.5 Å². The van der Waals surface area contributed by atoms with Crippen LogP contribution in [0.5, 0.6) is 11.5 Å². The lowest BCUT2D eigenvalue weighted by Gasteiger charge is -2.49. The zero-order valence-corrected chi connectivity index (χ0v) is 32.7. The predicted molar refractivity (Wildman–Crippen MR) is 187 cm³/mol. The molecule has 1 N–H and O–H groups in total. The summed E-state index contributed by atoms with van der Waals surface area (Å²) in [4.78, 5) is 0. The molecule has 0 fully saturated rings. The molecule has 2 atom stereocenters. The molecule has 0 spiro atoms. The van der Waals surface area contributed by atoms with E-state index in [0.29, 0.717) is 19.8 Å². The molecule has 0 saturated carbocycles. The minimum atomic E-state index is -2.19. The molecule has 2 unspecified atom stereocenters. The quantitative estimate of drug-likeness (QED) is 0.172. The Hall–Kier alpha value is -1.47. The Kier molecular flexibility index (Phi) is 13.3. The lowest BCUT2D eigenvalue weighted by Crippen LogP contribution is -2.64. The van der Waals surface area contributed by atoms with Gasteiger partial charge in [-0.2, -0.15) is 0 Å². The molecule has 0 aromatic heterocycles. The SMILES string of the molecule is C[SiH2]OC(C)(C)[Si](C)(C)OC(C)(C)[Si](C)(C)OCC(C)COc1ccc(C(C)(C)c2ccc(OCC(C)CO)cc2)cc1. The van der Waals surface area contributed by atoms with Gasteiger partial charge in [-0.15, -0.1) is 0 Å². The molecule has 0 aliphatic carbocycles. The number of ether oxygens (including phenoxy) is 2. The highest BCUT2D eigenvalue weighted by Crippen LogP contribution is 2.36. The Balaban J connectivity index is 1.93. The first-order valence-corrected chi connectivity index (χ1v) is 23.6. The Morgan fingerprint density at radius 1 is 0.674 bits per heavy atom. The topological polar surface area (TPSA) is 66.4 Å². The van der Waals surface area contributed by atoms with Gasteiger partial charge < -0.3 is 27.9 Å². The Bertz CT molecular complexity index is 1110. The normalized spacial score (nSPS) is 15.1. The molecule has 0 radical (unpaired) electrons. The van der Waals surface area contributed by atoms with Crippen LogP contribution in [0, 0.1) is 11.8 Å². The van der Waals surface area contributed by atoms with Gasteiger partial charge in [-0.25, -0.2) is 0 Å². The molecule has 2 aromatic rings. The van der Waals surface area contributed by atoms with Crippen LogP contribution in [0.4, 0.5) is 0 Å². The summed E-state index contributed by atoms with van der Waals surface area (Å²) in [6.07, 6.45) is 0. The number of aliphatic hydroxyl groups excluding tert-OH is 1. The van der Waals surface area contributed by atoms with Gasteiger partial charge in [0.15, 0.2) is 9.76 Å². The zero-order chi connectivity index (χ0) is 32.7. The second kappa shape index (κ2) is 15.2. The number of hydrogen-bond donors (Lipinski definition) is 1. The summed E-state index contributed by atoms with van der Waals surface area (Å²) in [5, 5.41) is 8.65. The van der Waals surface area contributed by atoms with E-state index >= 15 is 0 Å². The van der Waals surface area contributed by atoms with E-state index in [2.05, 4.69) is 118 Å². The molecule has 0 amide bonds. The zero-order valence-electron chi connectivity index (χ0n) is 29.3. The van der Waals surface area contributed by atoms with Crippen molar-refractivity contribution in [3.8, 4) is 11.5 Å². The minimum Gasteiger partial charge on any atom is -0.493 e. The molecule has 0 bridgehead atoms. The summed E-state index contributed by atoms with van der Waals surface area (Å²) in [6, 6.07) is 16.7. The van der Waals surface area contributed by atoms with Crippen LogP contribution < -0.4 is 9.47 Å². The summed E-state index contributed by atoms with van der Waals surface area (Å²) < 4.78 is 31.7. The van der Waals surface area contributed by atoms with E-state index in [0.717, 1.165) is 11.5 Å². The molecule has 2 aromatic carbocycles. The number of benzene rings is 2. The molecule has 0 aliphatic rings. The lowest BCUT2D eigenvalue weighted by molar-refractivity contribution is 0.0854. The smallest absolute Gasteiger partial charge is 0.216 e. The van der Waals surface area contributed by atoms with Crippen molar-refractivity contribution in [2.75, 3.05) is 26.4 Å². The van der Waals surface area contributed by atoms with Gasteiger partial charge in [0.1, 0.15) is 11.5 Å². The summed E-state index contributed by atoms with van der Waals surface area (Å²) in [5.41, 5.74) is 2.26. The summed E-state index contributed by atoms with van der Waals surface area (Å²) in [7, 11) is -4.85. The molecule has 6 nitrogen and oxygen atoms in total. The van der Waals surface area contributed by atoms with Gasteiger partial charge in [-0.05, 0) is 89.3 Å². The van der Waals surface area contributed by atoms with Crippen LogP contribution in [-0.4, -0.2) is 68.4 Å².